The lowest BCUT2D eigenvalue weighted by atomic mass is 10.2. The Labute approximate surface area is 142 Å². The van der Waals surface area contributed by atoms with Crippen molar-refractivity contribution < 1.29 is 4.79 Å². The third kappa shape index (κ3) is 3.82. The van der Waals surface area contributed by atoms with Crippen LogP contribution in [-0.4, -0.2) is 53.5 Å². The van der Waals surface area contributed by atoms with Crippen molar-refractivity contribution in [2.75, 3.05) is 42.9 Å². The van der Waals surface area contributed by atoms with Gasteiger partial charge in [-0.1, -0.05) is 25.1 Å². The molecular weight excluding hydrogens is 302 g/mol. The zero-order valence-corrected chi connectivity index (χ0v) is 14.0. The highest BCUT2D eigenvalue weighted by molar-refractivity contribution is 5.92. The number of hydrogen-bond acceptors (Lipinski definition) is 5. The Morgan fingerprint density at radius 1 is 1.08 bits per heavy atom. The first-order valence-corrected chi connectivity index (χ1v) is 8.43. The summed E-state index contributed by atoms with van der Waals surface area (Å²) in [6.07, 6.45) is 4.21. The fraction of sp³-hybridized carbons (Fsp3) is 0.389. The van der Waals surface area contributed by atoms with Crippen LogP contribution >= 0.6 is 0 Å². The first-order valence-electron chi connectivity index (χ1n) is 8.43. The predicted octanol–water partition coefficient (Wildman–Crippen LogP) is 2.26. The number of carbonyl (C=O) groups excluding carboxylic acids is 1. The number of piperazine rings is 1. The maximum absolute atomic E-state index is 12.6. The molecule has 0 aliphatic carbocycles. The summed E-state index contributed by atoms with van der Waals surface area (Å²) in [7, 11) is 0. The van der Waals surface area contributed by atoms with E-state index in [1.807, 2.05) is 23.1 Å². The van der Waals surface area contributed by atoms with Crippen molar-refractivity contribution in [1.82, 2.24) is 14.9 Å². The molecule has 2 aromatic rings. The third-order valence-corrected chi connectivity index (χ3v) is 4.12. The van der Waals surface area contributed by atoms with Crippen LogP contribution in [0.1, 0.15) is 23.8 Å². The topological polar surface area (TPSA) is 61.4 Å². The van der Waals surface area contributed by atoms with E-state index in [4.69, 9.17) is 0 Å². The number of para-hydroxylation sites is 1. The molecule has 1 aromatic heterocycles. The number of amides is 1. The van der Waals surface area contributed by atoms with Crippen molar-refractivity contribution in [3.8, 4) is 0 Å². The standard InChI is InChI=1S/C18H23N5O/c1-2-8-19-17-14-20-16(13-21-17)18(24)23-11-9-22(10-12-23)15-6-4-3-5-7-15/h3-7,13-14H,2,8-12H2,1H3,(H,19,21). The van der Waals surface area contributed by atoms with Crippen LogP contribution in [0.2, 0.25) is 0 Å². The summed E-state index contributed by atoms with van der Waals surface area (Å²) in [6, 6.07) is 10.3. The smallest absolute Gasteiger partial charge is 0.274 e. The number of rotatable bonds is 5. The molecule has 24 heavy (non-hydrogen) atoms. The number of anilines is 2. The van der Waals surface area contributed by atoms with Gasteiger partial charge in [-0.05, 0) is 18.6 Å². The lowest BCUT2D eigenvalue weighted by Gasteiger charge is -2.35. The van der Waals surface area contributed by atoms with Crippen molar-refractivity contribution in [2.45, 2.75) is 13.3 Å². The Hall–Kier alpha value is -2.63. The van der Waals surface area contributed by atoms with Gasteiger partial charge in [-0.2, -0.15) is 0 Å². The largest absolute Gasteiger partial charge is 0.369 e. The van der Waals surface area contributed by atoms with E-state index in [1.165, 1.54) is 5.69 Å². The number of benzene rings is 1. The second-order valence-corrected chi connectivity index (χ2v) is 5.83. The molecule has 1 amide bonds. The van der Waals surface area contributed by atoms with Crippen molar-refractivity contribution in [3.05, 3.63) is 48.4 Å². The summed E-state index contributed by atoms with van der Waals surface area (Å²) in [5, 5.41) is 3.16. The van der Waals surface area contributed by atoms with Gasteiger partial charge in [0.05, 0.1) is 12.4 Å². The monoisotopic (exact) mass is 325 g/mol. The highest BCUT2D eigenvalue weighted by Crippen LogP contribution is 2.16. The molecule has 0 spiro atoms. The molecule has 1 fully saturated rings. The Morgan fingerprint density at radius 3 is 2.46 bits per heavy atom. The molecule has 1 aromatic carbocycles. The average Bonchev–Trinajstić information content (AvgIpc) is 2.67. The van der Waals surface area contributed by atoms with E-state index < -0.39 is 0 Å². The van der Waals surface area contributed by atoms with Crippen molar-refractivity contribution in [1.29, 1.82) is 0 Å². The van der Waals surface area contributed by atoms with Gasteiger partial charge in [0.15, 0.2) is 0 Å². The Morgan fingerprint density at radius 2 is 1.83 bits per heavy atom. The number of nitrogens with one attached hydrogen (secondary N) is 1. The summed E-state index contributed by atoms with van der Waals surface area (Å²) in [5.41, 5.74) is 1.61. The molecule has 0 radical (unpaired) electrons. The fourth-order valence-electron chi connectivity index (χ4n) is 2.75. The minimum Gasteiger partial charge on any atom is -0.369 e. The molecule has 1 aliphatic rings. The van der Waals surface area contributed by atoms with Crippen LogP contribution in [0, 0.1) is 0 Å². The second kappa shape index (κ2) is 7.77. The third-order valence-electron chi connectivity index (χ3n) is 4.12. The molecule has 0 bridgehead atoms. The predicted molar refractivity (Wildman–Crippen MR) is 95.4 cm³/mol. The molecule has 6 heteroatoms. The molecule has 0 unspecified atom stereocenters. The molecule has 0 atom stereocenters. The molecule has 3 rings (SSSR count). The molecule has 126 valence electrons. The van der Waals surface area contributed by atoms with Crippen LogP contribution < -0.4 is 10.2 Å². The molecule has 1 saturated heterocycles. The molecule has 1 aliphatic heterocycles. The van der Waals surface area contributed by atoms with E-state index in [2.05, 4.69) is 39.2 Å². The van der Waals surface area contributed by atoms with Gasteiger partial charge in [0, 0.05) is 38.4 Å². The minimum absolute atomic E-state index is 0.0442. The quantitative estimate of drug-likeness (QED) is 0.914. The minimum atomic E-state index is -0.0442. The highest BCUT2D eigenvalue weighted by Gasteiger charge is 2.23. The van der Waals surface area contributed by atoms with Gasteiger partial charge in [0.1, 0.15) is 11.5 Å². The molecule has 2 heterocycles. The summed E-state index contributed by atoms with van der Waals surface area (Å²) < 4.78 is 0. The van der Waals surface area contributed by atoms with Crippen LogP contribution in [0.15, 0.2) is 42.7 Å². The lowest BCUT2D eigenvalue weighted by molar-refractivity contribution is 0.0740. The van der Waals surface area contributed by atoms with Crippen LogP contribution in [0.25, 0.3) is 0 Å². The van der Waals surface area contributed by atoms with Gasteiger partial charge in [0.2, 0.25) is 0 Å². The zero-order chi connectivity index (χ0) is 16.8. The number of nitrogens with zero attached hydrogens (tertiary/aromatic N) is 4. The van der Waals surface area contributed by atoms with Crippen molar-refractivity contribution >= 4 is 17.4 Å². The molecule has 1 N–H and O–H groups in total. The van der Waals surface area contributed by atoms with E-state index in [0.717, 1.165) is 26.1 Å². The van der Waals surface area contributed by atoms with E-state index >= 15 is 0 Å². The Balaban J connectivity index is 1.57. The van der Waals surface area contributed by atoms with Gasteiger partial charge in [0.25, 0.3) is 5.91 Å². The van der Waals surface area contributed by atoms with Gasteiger partial charge in [-0.3, -0.25) is 4.79 Å². The average molecular weight is 325 g/mol. The molecule has 6 nitrogen and oxygen atoms in total. The maximum atomic E-state index is 12.6. The van der Waals surface area contributed by atoms with Gasteiger partial charge in [-0.15, -0.1) is 0 Å². The van der Waals surface area contributed by atoms with Crippen molar-refractivity contribution in [3.63, 3.8) is 0 Å². The van der Waals surface area contributed by atoms with Crippen LogP contribution in [0.4, 0.5) is 11.5 Å². The highest BCUT2D eigenvalue weighted by atomic mass is 16.2. The van der Waals surface area contributed by atoms with Gasteiger partial charge in [-0.25, -0.2) is 9.97 Å². The lowest BCUT2D eigenvalue weighted by Crippen LogP contribution is -2.49. The summed E-state index contributed by atoms with van der Waals surface area (Å²) in [6.45, 7) is 6.01. The summed E-state index contributed by atoms with van der Waals surface area (Å²) in [4.78, 5) is 25.2. The first kappa shape index (κ1) is 16.2. The van der Waals surface area contributed by atoms with E-state index in [0.29, 0.717) is 24.6 Å². The van der Waals surface area contributed by atoms with E-state index in [-0.39, 0.29) is 5.91 Å². The number of aromatic nitrogens is 2. The number of hydrogen-bond donors (Lipinski definition) is 1. The van der Waals surface area contributed by atoms with Crippen LogP contribution in [0.3, 0.4) is 0 Å². The number of carbonyl (C=O) groups is 1. The molecule has 0 saturated carbocycles. The Kier molecular flexibility index (Phi) is 5.25. The Bertz CT molecular complexity index is 651. The SMILES string of the molecule is CCCNc1cnc(C(=O)N2CCN(c3ccccc3)CC2)cn1. The van der Waals surface area contributed by atoms with E-state index in [1.54, 1.807) is 12.4 Å². The zero-order valence-electron chi connectivity index (χ0n) is 14.0. The van der Waals surface area contributed by atoms with Crippen LogP contribution in [-0.2, 0) is 0 Å². The van der Waals surface area contributed by atoms with E-state index in [9.17, 15) is 4.79 Å². The van der Waals surface area contributed by atoms with Crippen molar-refractivity contribution in [2.24, 2.45) is 0 Å². The normalized spacial score (nSPS) is 14.5. The molecular formula is C18H23N5O. The fourth-order valence-corrected chi connectivity index (χ4v) is 2.75. The van der Waals surface area contributed by atoms with Gasteiger partial charge >= 0.3 is 0 Å². The van der Waals surface area contributed by atoms with Gasteiger partial charge < -0.3 is 15.1 Å². The maximum Gasteiger partial charge on any atom is 0.274 e. The first-order chi connectivity index (χ1) is 11.8. The summed E-state index contributed by atoms with van der Waals surface area (Å²) in [5.74, 6) is 0.666. The second-order valence-electron chi connectivity index (χ2n) is 5.83. The summed E-state index contributed by atoms with van der Waals surface area (Å²) >= 11 is 0. The van der Waals surface area contributed by atoms with Crippen LogP contribution in [0.5, 0.6) is 0 Å².